The van der Waals surface area contributed by atoms with Crippen molar-refractivity contribution in [2.75, 3.05) is 6.54 Å². The van der Waals surface area contributed by atoms with Crippen molar-refractivity contribution in [2.24, 2.45) is 5.16 Å². The molecule has 3 N–H and O–H groups in total. The van der Waals surface area contributed by atoms with E-state index in [0.717, 1.165) is 11.1 Å². The van der Waals surface area contributed by atoms with E-state index in [2.05, 4.69) is 31.7 Å². The first-order valence-corrected chi connectivity index (χ1v) is 10.2. The molecule has 2 amide bonds. The Hall–Kier alpha value is -3.07. The fraction of sp³-hybridized carbons (Fsp3) is 0.286. The van der Waals surface area contributed by atoms with Crippen molar-refractivity contribution < 1.29 is 24.3 Å². The van der Waals surface area contributed by atoms with Crippen molar-refractivity contribution in [3.63, 3.8) is 0 Å². The van der Waals surface area contributed by atoms with Gasteiger partial charge in [0.25, 0.3) is 0 Å². The Labute approximate surface area is 182 Å². The predicted molar refractivity (Wildman–Crippen MR) is 114 cm³/mol. The summed E-state index contributed by atoms with van der Waals surface area (Å²) in [6.45, 7) is 0.353. The third-order valence-corrected chi connectivity index (χ3v) is 4.87. The smallest absolute Gasteiger partial charge is 0.408 e. The SMILES string of the molecule is O=C(NC(Cc1ccc(O)cc1)C(=O)NC[C@H]1CC(Br)=NO1)OCc1ccccc1. The quantitative estimate of drug-likeness (QED) is 0.543. The fourth-order valence-corrected chi connectivity index (χ4v) is 3.27. The van der Waals surface area contributed by atoms with Crippen LogP contribution >= 0.6 is 15.9 Å². The summed E-state index contributed by atoms with van der Waals surface area (Å²) in [5.74, 6) is -0.245. The topological polar surface area (TPSA) is 109 Å². The number of nitrogens with one attached hydrogen (secondary N) is 2. The van der Waals surface area contributed by atoms with Crippen LogP contribution in [0.3, 0.4) is 0 Å². The second-order valence-electron chi connectivity index (χ2n) is 6.77. The number of alkyl carbamates (subject to hydrolysis) is 1. The largest absolute Gasteiger partial charge is 0.508 e. The first-order valence-electron chi connectivity index (χ1n) is 9.40. The van der Waals surface area contributed by atoms with Gasteiger partial charge < -0.3 is 25.3 Å². The van der Waals surface area contributed by atoms with Crippen molar-refractivity contribution in [1.82, 2.24) is 10.6 Å². The maximum Gasteiger partial charge on any atom is 0.408 e. The zero-order valence-corrected chi connectivity index (χ0v) is 17.7. The van der Waals surface area contributed by atoms with E-state index in [9.17, 15) is 14.7 Å². The minimum Gasteiger partial charge on any atom is -0.508 e. The molecule has 0 bridgehead atoms. The van der Waals surface area contributed by atoms with Crippen LogP contribution in [0.15, 0.2) is 59.8 Å². The number of carbonyl (C=O) groups is 2. The van der Waals surface area contributed by atoms with Crippen molar-refractivity contribution in [3.05, 3.63) is 65.7 Å². The lowest BCUT2D eigenvalue weighted by atomic mass is 10.0. The van der Waals surface area contributed by atoms with E-state index in [-0.39, 0.29) is 37.3 Å². The molecule has 8 nitrogen and oxygen atoms in total. The number of phenolic OH excluding ortho intramolecular Hbond substituents is 1. The molecule has 0 saturated heterocycles. The van der Waals surface area contributed by atoms with Gasteiger partial charge in [0.2, 0.25) is 5.91 Å². The molecule has 1 unspecified atom stereocenters. The Balaban J connectivity index is 1.58. The van der Waals surface area contributed by atoms with Gasteiger partial charge in [0.05, 0.1) is 6.54 Å². The minimum absolute atomic E-state index is 0.0987. The maximum absolute atomic E-state index is 12.7. The van der Waals surface area contributed by atoms with E-state index in [4.69, 9.17) is 9.57 Å². The summed E-state index contributed by atoms with van der Waals surface area (Å²) in [6, 6.07) is 14.8. The second-order valence-corrected chi connectivity index (χ2v) is 7.69. The molecule has 0 aliphatic carbocycles. The van der Waals surface area contributed by atoms with Gasteiger partial charge in [-0.15, -0.1) is 0 Å². The van der Waals surface area contributed by atoms with Crippen molar-refractivity contribution in [1.29, 1.82) is 0 Å². The molecule has 30 heavy (non-hydrogen) atoms. The van der Waals surface area contributed by atoms with E-state index in [0.29, 0.717) is 11.0 Å². The zero-order chi connectivity index (χ0) is 21.3. The van der Waals surface area contributed by atoms with Gasteiger partial charge >= 0.3 is 6.09 Å². The lowest BCUT2D eigenvalue weighted by Crippen LogP contribution is -2.49. The molecule has 0 saturated carbocycles. The molecule has 2 aromatic carbocycles. The third-order valence-electron chi connectivity index (χ3n) is 4.40. The van der Waals surface area contributed by atoms with Crippen LogP contribution in [0.25, 0.3) is 0 Å². The molecule has 0 spiro atoms. The lowest BCUT2D eigenvalue weighted by molar-refractivity contribution is -0.123. The van der Waals surface area contributed by atoms with E-state index in [1.165, 1.54) is 12.1 Å². The molecule has 1 aliphatic rings. The molecule has 3 rings (SSSR count). The van der Waals surface area contributed by atoms with Crippen LogP contribution < -0.4 is 10.6 Å². The van der Waals surface area contributed by atoms with E-state index in [1.807, 2.05) is 30.3 Å². The van der Waals surface area contributed by atoms with Crippen LogP contribution in [0.4, 0.5) is 4.79 Å². The van der Waals surface area contributed by atoms with Gasteiger partial charge in [-0.25, -0.2) is 4.79 Å². The Kier molecular flexibility index (Phi) is 7.67. The number of rotatable bonds is 8. The van der Waals surface area contributed by atoms with Crippen molar-refractivity contribution in [3.8, 4) is 5.75 Å². The average molecular weight is 476 g/mol. The maximum atomic E-state index is 12.7. The Morgan fingerprint density at radius 1 is 1.17 bits per heavy atom. The number of oxime groups is 1. The number of aromatic hydroxyl groups is 1. The van der Waals surface area contributed by atoms with E-state index in [1.54, 1.807) is 12.1 Å². The number of hydrogen-bond acceptors (Lipinski definition) is 6. The number of hydrogen-bond donors (Lipinski definition) is 3. The average Bonchev–Trinajstić information content (AvgIpc) is 3.17. The summed E-state index contributed by atoms with van der Waals surface area (Å²) >= 11 is 3.25. The second kappa shape index (κ2) is 10.6. The van der Waals surface area contributed by atoms with Crippen LogP contribution in [0.1, 0.15) is 17.5 Å². The molecule has 2 atom stereocenters. The van der Waals surface area contributed by atoms with Gasteiger partial charge in [0.15, 0.2) is 6.10 Å². The van der Waals surface area contributed by atoms with Gasteiger partial charge in [0, 0.05) is 12.8 Å². The lowest BCUT2D eigenvalue weighted by Gasteiger charge is -2.19. The van der Waals surface area contributed by atoms with Gasteiger partial charge in [-0.05, 0) is 39.2 Å². The van der Waals surface area contributed by atoms with Gasteiger partial charge in [-0.3, -0.25) is 4.79 Å². The summed E-state index contributed by atoms with van der Waals surface area (Å²) in [6.07, 6.45) is -0.156. The summed E-state index contributed by atoms with van der Waals surface area (Å²) < 4.78 is 5.92. The molecule has 2 aromatic rings. The number of amides is 2. The first-order chi connectivity index (χ1) is 14.5. The molecule has 158 valence electrons. The molecule has 9 heteroatoms. The number of halogens is 1. The van der Waals surface area contributed by atoms with Crippen LogP contribution in [-0.2, 0) is 27.4 Å². The van der Waals surface area contributed by atoms with Crippen LogP contribution in [0.2, 0.25) is 0 Å². The first kappa shape index (κ1) is 21.6. The standard InChI is InChI=1S/C21H22BrN3O5/c22-19-11-17(30-25-19)12-23-20(27)18(10-14-6-8-16(26)9-7-14)24-21(28)29-13-15-4-2-1-3-5-15/h1-9,17-18,26H,10-13H2,(H,23,27)(H,24,28)/t17-,18?/m1/s1. The van der Waals surface area contributed by atoms with Crippen molar-refractivity contribution in [2.45, 2.75) is 31.6 Å². The predicted octanol–water partition coefficient (Wildman–Crippen LogP) is 2.84. The van der Waals surface area contributed by atoms with Crippen LogP contribution in [0, 0.1) is 0 Å². The van der Waals surface area contributed by atoms with E-state index < -0.39 is 12.1 Å². The van der Waals surface area contributed by atoms with Gasteiger partial charge in [-0.1, -0.05) is 47.6 Å². The summed E-state index contributed by atoms with van der Waals surface area (Å²) in [5.41, 5.74) is 1.62. The normalized spacial score (nSPS) is 16.2. The number of benzene rings is 2. The highest BCUT2D eigenvalue weighted by atomic mass is 79.9. The molecule has 0 radical (unpaired) electrons. The molecular weight excluding hydrogens is 454 g/mol. The van der Waals surface area contributed by atoms with E-state index >= 15 is 0 Å². The number of ether oxygens (including phenoxy) is 1. The molecule has 1 aliphatic heterocycles. The highest BCUT2D eigenvalue weighted by molar-refractivity contribution is 9.18. The number of nitrogens with zero attached hydrogens (tertiary/aromatic N) is 1. The Morgan fingerprint density at radius 3 is 2.57 bits per heavy atom. The van der Waals surface area contributed by atoms with Crippen molar-refractivity contribution >= 4 is 32.6 Å². The molecular formula is C21H22BrN3O5. The van der Waals surface area contributed by atoms with Gasteiger partial charge in [0.1, 0.15) is 23.0 Å². The highest BCUT2D eigenvalue weighted by Crippen LogP contribution is 2.14. The van der Waals surface area contributed by atoms with Gasteiger partial charge in [-0.2, -0.15) is 0 Å². The minimum atomic E-state index is -0.858. The van der Waals surface area contributed by atoms with Crippen LogP contribution in [-0.4, -0.2) is 40.4 Å². The Bertz CT molecular complexity index is 889. The summed E-state index contributed by atoms with van der Waals surface area (Å²) in [7, 11) is 0. The third kappa shape index (κ3) is 6.77. The number of carbonyl (C=O) groups excluding carboxylic acids is 2. The number of phenols is 1. The monoisotopic (exact) mass is 475 g/mol. The highest BCUT2D eigenvalue weighted by Gasteiger charge is 2.25. The zero-order valence-electron chi connectivity index (χ0n) is 16.1. The fourth-order valence-electron chi connectivity index (χ4n) is 2.83. The molecule has 0 aromatic heterocycles. The molecule has 0 fully saturated rings. The van der Waals surface area contributed by atoms with Crippen LogP contribution in [0.5, 0.6) is 5.75 Å². The summed E-state index contributed by atoms with van der Waals surface area (Å²) in [5, 5.41) is 18.6. The molecule has 1 heterocycles. The Morgan fingerprint density at radius 2 is 1.90 bits per heavy atom. The summed E-state index contributed by atoms with van der Waals surface area (Å²) in [4.78, 5) is 30.2.